The Morgan fingerprint density at radius 3 is 2.32 bits per heavy atom. The number of aryl methyl sites for hydroxylation is 2. The van der Waals surface area contributed by atoms with Crippen LogP contribution >= 0.6 is 0 Å². The highest BCUT2D eigenvalue weighted by Gasteiger charge is 2.23. The molecule has 2 aromatic rings. The third-order valence-corrected chi connectivity index (χ3v) is 5.57. The summed E-state index contributed by atoms with van der Waals surface area (Å²) in [6.45, 7) is 5.42. The van der Waals surface area contributed by atoms with E-state index in [9.17, 15) is 18.8 Å². The molecule has 2 aromatic carbocycles. The summed E-state index contributed by atoms with van der Waals surface area (Å²) in [6, 6.07) is 12.0. The van der Waals surface area contributed by atoms with Crippen molar-refractivity contribution in [3.8, 4) is 0 Å². The molecule has 1 saturated heterocycles. The van der Waals surface area contributed by atoms with Crippen molar-refractivity contribution in [3.05, 3.63) is 65.0 Å². The number of carbonyl (C=O) groups is 3. The fourth-order valence-electron chi connectivity index (χ4n) is 3.49. The standard InChI is InChI=1S/C24H27FN2O4/c1-17-7-8-19(15-18(17)2)22(28)9-10-24(30)31-16-23(29)27-13-11-26(12-14-27)21-6-4-3-5-20(21)25/h3-8,15H,9-14,16H2,1-2H3. The van der Waals surface area contributed by atoms with Gasteiger partial charge in [-0.25, -0.2) is 4.39 Å². The zero-order valence-electron chi connectivity index (χ0n) is 17.9. The number of amides is 1. The molecule has 0 N–H and O–H groups in total. The number of para-hydroxylation sites is 1. The number of hydrogen-bond acceptors (Lipinski definition) is 5. The molecule has 31 heavy (non-hydrogen) atoms. The fourth-order valence-corrected chi connectivity index (χ4v) is 3.49. The summed E-state index contributed by atoms with van der Waals surface area (Å²) in [5.74, 6) is -1.28. The van der Waals surface area contributed by atoms with E-state index in [4.69, 9.17) is 4.74 Å². The summed E-state index contributed by atoms with van der Waals surface area (Å²) < 4.78 is 19.0. The van der Waals surface area contributed by atoms with E-state index in [0.717, 1.165) is 11.1 Å². The van der Waals surface area contributed by atoms with Gasteiger partial charge in [0.1, 0.15) is 5.82 Å². The summed E-state index contributed by atoms with van der Waals surface area (Å²) in [7, 11) is 0. The maximum absolute atomic E-state index is 13.9. The number of benzene rings is 2. The zero-order chi connectivity index (χ0) is 22.4. The number of ketones is 1. The fraction of sp³-hybridized carbons (Fsp3) is 0.375. The molecule has 3 rings (SSSR count). The summed E-state index contributed by atoms with van der Waals surface area (Å²) in [5, 5.41) is 0. The van der Waals surface area contributed by atoms with Crippen molar-refractivity contribution in [3.63, 3.8) is 0 Å². The van der Waals surface area contributed by atoms with Crippen molar-refractivity contribution in [1.29, 1.82) is 0 Å². The van der Waals surface area contributed by atoms with Gasteiger partial charge in [-0.2, -0.15) is 0 Å². The first-order valence-corrected chi connectivity index (χ1v) is 10.4. The van der Waals surface area contributed by atoms with Crippen molar-refractivity contribution in [1.82, 2.24) is 4.90 Å². The van der Waals surface area contributed by atoms with Gasteiger partial charge in [0.2, 0.25) is 0 Å². The van der Waals surface area contributed by atoms with Crippen LogP contribution in [0.3, 0.4) is 0 Å². The summed E-state index contributed by atoms with van der Waals surface area (Å²) >= 11 is 0. The lowest BCUT2D eigenvalue weighted by Crippen LogP contribution is -2.50. The molecule has 0 atom stereocenters. The average Bonchev–Trinajstić information content (AvgIpc) is 2.78. The number of nitrogens with zero attached hydrogens (tertiary/aromatic N) is 2. The molecule has 6 nitrogen and oxygen atoms in total. The van der Waals surface area contributed by atoms with E-state index in [-0.39, 0.29) is 37.0 Å². The second kappa shape index (κ2) is 10.2. The lowest BCUT2D eigenvalue weighted by atomic mass is 10.0. The van der Waals surface area contributed by atoms with Crippen LogP contribution in [0.4, 0.5) is 10.1 Å². The smallest absolute Gasteiger partial charge is 0.306 e. The molecule has 1 heterocycles. The second-order valence-electron chi connectivity index (χ2n) is 7.70. The maximum atomic E-state index is 13.9. The first-order valence-electron chi connectivity index (χ1n) is 10.4. The van der Waals surface area contributed by atoms with E-state index in [0.29, 0.717) is 37.4 Å². The first-order chi connectivity index (χ1) is 14.8. The molecule has 1 aliphatic heterocycles. The molecule has 0 saturated carbocycles. The van der Waals surface area contributed by atoms with Crippen molar-refractivity contribution in [2.45, 2.75) is 26.7 Å². The molecule has 0 spiro atoms. The largest absolute Gasteiger partial charge is 0.456 e. The molecule has 0 radical (unpaired) electrons. The van der Waals surface area contributed by atoms with Gasteiger partial charge in [0.15, 0.2) is 12.4 Å². The van der Waals surface area contributed by atoms with Gasteiger partial charge in [0.05, 0.1) is 12.1 Å². The second-order valence-corrected chi connectivity index (χ2v) is 7.70. The Kier molecular flexibility index (Phi) is 7.39. The normalized spacial score (nSPS) is 13.8. The third-order valence-electron chi connectivity index (χ3n) is 5.57. The molecular weight excluding hydrogens is 399 g/mol. The quantitative estimate of drug-likeness (QED) is 0.502. The van der Waals surface area contributed by atoms with Crippen LogP contribution in [0.1, 0.15) is 34.3 Å². The Morgan fingerprint density at radius 2 is 1.65 bits per heavy atom. The molecule has 1 fully saturated rings. The highest BCUT2D eigenvalue weighted by molar-refractivity contribution is 5.97. The SMILES string of the molecule is Cc1ccc(C(=O)CCC(=O)OCC(=O)N2CCN(c3ccccc3F)CC2)cc1C. The number of ether oxygens (including phenoxy) is 1. The Hall–Kier alpha value is -3.22. The van der Waals surface area contributed by atoms with E-state index in [1.54, 1.807) is 29.2 Å². The Balaban J connectivity index is 1.39. The number of piperazine rings is 1. The molecule has 1 amide bonds. The number of anilines is 1. The number of carbonyl (C=O) groups excluding carboxylic acids is 3. The molecule has 0 aliphatic carbocycles. The van der Waals surface area contributed by atoms with Gasteiger partial charge in [0, 0.05) is 38.2 Å². The summed E-state index contributed by atoms with van der Waals surface area (Å²) in [4.78, 5) is 40.0. The lowest BCUT2D eigenvalue weighted by Gasteiger charge is -2.36. The van der Waals surface area contributed by atoms with Crippen molar-refractivity contribution in [2.75, 3.05) is 37.7 Å². The highest BCUT2D eigenvalue weighted by Crippen LogP contribution is 2.20. The topological polar surface area (TPSA) is 66.9 Å². The molecule has 7 heteroatoms. The predicted molar refractivity (Wildman–Crippen MR) is 116 cm³/mol. The van der Waals surface area contributed by atoms with Crippen LogP contribution in [-0.2, 0) is 14.3 Å². The predicted octanol–water partition coefficient (Wildman–Crippen LogP) is 3.30. The summed E-state index contributed by atoms with van der Waals surface area (Å²) in [6.07, 6.45) is -0.0308. The lowest BCUT2D eigenvalue weighted by molar-refractivity contribution is -0.152. The molecular formula is C24H27FN2O4. The average molecular weight is 426 g/mol. The van der Waals surface area contributed by atoms with Crippen LogP contribution in [0.2, 0.25) is 0 Å². The Labute approximate surface area is 181 Å². The zero-order valence-corrected chi connectivity index (χ0v) is 17.9. The monoisotopic (exact) mass is 426 g/mol. The van der Waals surface area contributed by atoms with E-state index in [1.807, 2.05) is 30.9 Å². The maximum Gasteiger partial charge on any atom is 0.306 e. The number of esters is 1. The van der Waals surface area contributed by atoms with Gasteiger partial charge in [-0.3, -0.25) is 14.4 Å². The van der Waals surface area contributed by atoms with Gasteiger partial charge in [-0.05, 0) is 43.2 Å². The minimum Gasteiger partial charge on any atom is -0.456 e. The van der Waals surface area contributed by atoms with Crippen LogP contribution in [-0.4, -0.2) is 55.3 Å². The molecule has 0 bridgehead atoms. The van der Waals surface area contributed by atoms with Gasteiger partial charge in [-0.1, -0.05) is 24.3 Å². The van der Waals surface area contributed by atoms with E-state index >= 15 is 0 Å². The molecule has 164 valence electrons. The van der Waals surface area contributed by atoms with Crippen molar-refractivity contribution in [2.24, 2.45) is 0 Å². The number of halogens is 1. The summed E-state index contributed by atoms with van der Waals surface area (Å²) in [5.41, 5.74) is 3.22. The van der Waals surface area contributed by atoms with Crippen LogP contribution < -0.4 is 4.90 Å². The number of Topliss-reactive ketones (excluding diaryl/α,β-unsaturated/α-hetero) is 1. The highest BCUT2D eigenvalue weighted by atomic mass is 19.1. The van der Waals surface area contributed by atoms with Crippen LogP contribution in [0.5, 0.6) is 0 Å². The van der Waals surface area contributed by atoms with Crippen LogP contribution in [0.25, 0.3) is 0 Å². The van der Waals surface area contributed by atoms with Gasteiger partial charge in [0.25, 0.3) is 5.91 Å². The van der Waals surface area contributed by atoms with Crippen molar-refractivity contribution < 1.29 is 23.5 Å². The Bertz CT molecular complexity index is 968. The van der Waals surface area contributed by atoms with Gasteiger partial charge >= 0.3 is 5.97 Å². The molecule has 1 aliphatic rings. The molecule has 0 aromatic heterocycles. The number of hydrogen-bond donors (Lipinski definition) is 0. The minimum absolute atomic E-state index is 0.0385. The van der Waals surface area contributed by atoms with Gasteiger partial charge < -0.3 is 14.5 Å². The van der Waals surface area contributed by atoms with E-state index in [1.165, 1.54) is 6.07 Å². The van der Waals surface area contributed by atoms with E-state index in [2.05, 4.69) is 0 Å². The van der Waals surface area contributed by atoms with Gasteiger partial charge in [-0.15, -0.1) is 0 Å². The third kappa shape index (κ3) is 5.90. The van der Waals surface area contributed by atoms with Crippen LogP contribution in [0.15, 0.2) is 42.5 Å². The molecule has 0 unspecified atom stereocenters. The van der Waals surface area contributed by atoms with E-state index < -0.39 is 5.97 Å². The van der Waals surface area contributed by atoms with Crippen molar-refractivity contribution >= 4 is 23.3 Å². The minimum atomic E-state index is -0.574. The Morgan fingerprint density at radius 1 is 0.935 bits per heavy atom. The number of rotatable bonds is 7. The first kappa shape index (κ1) is 22.5. The van der Waals surface area contributed by atoms with Crippen LogP contribution in [0, 0.1) is 19.7 Å².